The van der Waals surface area contributed by atoms with Gasteiger partial charge in [0.25, 0.3) is 0 Å². The van der Waals surface area contributed by atoms with Crippen LogP contribution in [-0.4, -0.2) is 99.1 Å². The second-order valence-electron chi connectivity index (χ2n) is 13.8. The first-order valence-corrected chi connectivity index (χ1v) is 15.1. The van der Waals surface area contributed by atoms with Gasteiger partial charge < -0.3 is 30.5 Å². The third kappa shape index (κ3) is 11.8. The maximum Gasteiger partial charge on any atom is 0.410 e. The van der Waals surface area contributed by atoms with Crippen LogP contribution >= 0.6 is 0 Å². The van der Waals surface area contributed by atoms with Crippen molar-refractivity contribution < 1.29 is 43.7 Å². The number of piperidine rings is 1. The van der Waals surface area contributed by atoms with Crippen LogP contribution in [0.2, 0.25) is 0 Å². The highest BCUT2D eigenvalue weighted by Gasteiger charge is 2.41. The Morgan fingerprint density at radius 3 is 2.07 bits per heavy atom. The Morgan fingerprint density at radius 1 is 1.00 bits per heavy atom. The van der Waals surface area contributed by atoms with E-state index >= 15 is 0 Å². The van der Waals surface area contributed by atoms with Crippen molar-refractivity contribution in [3.05, 3.63) is 11.6 Å². The van der Waals surface area contributed by atoms with Gasteiger partial charge in [0.1, 0.15) is 23.7 Å². The van der Waals surface area contributed by atoms with Gasteiger partial charge in [-0.25, -0.2) is 9.59 Å². The molecule has 1 fully saturated rings. The van der Waals surface area contributed by atoms with E-state index in [0.29, 0.717) is 13.0 Å². The van der Waals surface area contributed by atoms with E-state index in [-0.39, 0.29) is 17.9 Å². The van der Waals surface area contributed by atoms with Crippen molar-refractivity contribution in [2.24, 2.45) is 11.3 Å². The van der Waals surface area contributed by atoms with Gasteiger partial charge in [0.05, 0.1) is 6.04 Å². The third-order valence-electron chi connectivity index (χ3n) is 7.34. The fourth-order valence-electron chi connectivity index (χ4n) is 4.86. The molecule has 0 bridgehead atoms. The standard InChI is InChI=1S/C31H52N4O9/c1-18(2)22(17-19(3)25(38)32-20(28(41)42)14-15-23(36)37)34(10)27(40)24(30(4,5)6)33-26(39)21-13-11-12-16-35(21)29(43)44-31(7,8)9/h17-18,20-22,24H,11-16H2,1-10H3,(H,32,38)(H,33,39)(H,36,37)(H,41,42)/b19-17+/t20?,21-,22?,24?/m1/s1. The van der Waals surface area contributed by atoms with E-state index in [9.17, 15) is 33.9 Å². The summed E-state index contributed by atoms with van der Waals surface area (Å²) in [5.74, 6) is -4.27. The van der Waals surface area contributed by atoms with E-state index in [1.54, 1.807) is 33.9 Å². The topological polar surface area (TPSA) is 183 Å². The number of aliphatic carboxylic acids is 2. The van der Waals surface area contributed by atoms with E-state index in [4.69, 9.17) is 9.84 Å². The molecule has 13 heteroatoms. The molecule has 250 valence electrons. The summed E-state index contributed by atoms with van der Waals surface area (Å²) in [5.41, 5.74) is -1.30. The molecule has 4 amide bonds. The summed E-state index contributed by atoms with van der Waals surface area (Å²) in [6, 6.07) is -3.76. The lowest BCUT2D eigenvalue weighted by molar-refractivity contribution is -0.142. The molecule has 0 aliphatic carbocycles. The molecule has 0 aromatic heterocycles. The van der Waals surface area contributed by atoms with Crippen LogP contribution in [0.3, 0.4) is 0 Å². The number of hydrogen-bond acceptors (Lipinski definition) is 7. The van der Waals surface area contributed by atoms with Crippen molar-refractivity contribution in [1.29, 1.82) is 0 Å². The maximum atomic E-state index is 14.0. The zero-order chi connectivity index (χ0) is 34.2. The number of carbonyl (C=O) groups is 6. The van der Waals surface area contributed by atoms with E-state index < -0.39 is 77.4 Å². The van der Waals surface area contributed by atoms with Gasteiger partial charge in [-0.2, -0.15) is 0 Å². The number of carboxylic acid groups (broad SMARTS) is 2. The fraction of sp³-hybridized carbons (Fsp3) is 0.742. The highest BCUT2D eigenvalue weighted by molar-refractivity contribution is 5.96. The molecule has 4 atom stereocenters. The number of carbonyl (C=O) groups excluding carboxylic acids is 4. The Bertz CT molecular complexity index is 1100. The first-order chi connectivity index (χ1) is 20.1. The van der Waals surface area contributed by atoms with Crippen molar-refractivity contribution in [2.45, 2.75) is 124 Å². The van der Waals surface area contributed by atoms with Gasteiger partial charge in [0.15, 0.2) is 0 Å². The number of likely N-dealkylation sites (tertiary alicyclic amines) is 1. The molecule has 0 saturated carbocycles. The van der Waals surface area contributed by atoms with E-state index in [1.807, 2.05) is 34.6 Å². The summed E-state index contributed by atoms with van der Waals surface area (Å²) >= 11 is 0. The smallest absolute Gasteiger partial charge is 0.410 e. The van der Waals surface area contributed by atoms with Crippen molar-refractivity contribution in [2.75, 3.05) is 13.6 Å². The van der Waals surface area contributed by atoms with Gasteiger partial charge in [-0.05, 0) is 64.7 Å². The zero-order valence-corrected chi connectivity index (χ0v) is 27.9. The molecule has 1 saturated heterocycles. The van der Waals surface area contributed by atoms with Crippen LogP contribution in [0.4, 0.5) is 4.79 Å². The molecule has 0 aromatic rings. The third-order valence-corrected chi connectivity index (χ3v) is 7.34. The molecule has 1 aliphatic rings. The van der Waals surface area contributed by atoms with Gasteiger partial charge in [0.2, 0.25) is 17.7 Å². The summed E-state index contributed by atoms with van der Waals surface area (Å²) in [7, 11) is 1.57. The van der Waals surface area contributed by atoms with Crippen molar-refractivity contribution in [1.82, 2.24) is 20.4 Å². The van der Waals surface area contributed by atoms with Crippen LogP contribution in [0.15, 0.2) is 11.6 Å². The molecule has 0 radical (unpaired) electrons. The summed E-state index contributed by atoms with van der Waals surface area (Å²) < 4.78 is 5.52. The molecule has 13 nitrogen and oxygen atoms in total. The monoisotopic (exact) mass is 624 g/mol. The van der Waals surface area contributed by atoms with Crippen LogP contribution in [0.25, 0.3) is 0 Å². The lowest BCUT2D eigenvalue weighted by atomic mass is 9.84. The first kappa shape index (κ1) is 38.4. The maximum absolute atomic E-state index is 14.0. The van der Waals surface area contributed by atoms with Crippen LogP contribution in [0.1, 0.15) is 94.4 Å². The number of likely N-dealkylation sites (N-methyl/N-ethyl adjacent to an activating group) is 1. The molecule has 3 unspecified atom stereocenters. The highest BCUT2D eigenvalue weighted by atomic mass is 16.6. The number of nitrogens with zero attached hydrogens (tertiary/aromatic N) is 2. The minimum Gasteiger partial charge on any atom is -0.481 e. The number of rotatable bonds is 12. The zero-order valence-electron chi connectivity index (χ0n) is 27.9. The average Bonchev–Trinajstić information content (AvgIpc) is 2.89. The Hall–Kier alpha value is -3.64. The van der Waals surface area contributed by atoms with Gasteiger partial charge >= 0.3 is 18.0 Å². The quantitative estimate of drug-likeness (QED) is 0.237. The van der Waals surface area contributed by atoms with E-state index in [2.05, 4.69) is 10.6 Å². The van der Waals surface area contributed by atoms with E-state index in [0.717, 1.165) is 12.8 Å². The second-order valence-corrected chi connectivity index (χ2v) is 13.8. The summed E-state index contributed by atoms with van der Waals surface area (Å²) in [5, 5.41) is 23.5. The van der Waals surface area contributed by atoms with Crippen LogP contribution in [0.5, 0.6) is 0 Å². The predicted molar refractivity (Wildman–Crippen MR) is 164 cm³/mol. The number of carboxylic acids is 2. The fourth-order valence-corrected chi connectivity index (χ4v) is 4.86. The molecule has 0 aromatic carbocycles. The first-order valence-electron chi connectivity index (χ1n) is 15.1. The van der Waals surface area contributed by atoms with Crippen molar-refractivity contribution in [3.8, 4) is 0 Å². The van der Waals surface area contributed by atoms with Gasteiger partial charge in [-0.1, -0.05) is 40.7 Å². The second kappa shape index (κ2) is 15.9. The Morgan fingerprint density at radius 2 is 1.59 bits per heavy atom. The predicted octanol–water partition coefficient (Wildman–Crippen LogP) is 3.17. The molecule has 1 heterocycles. The van der Waals surface area contributed by atoms with Crippen LogP contribution in [-0.2, 0) is 28.7 Å². The molecular formula is C31H52N4O9. The number of nitrogens with one attached hydrogen (secondary N) is 2. The number of ether oxygens (including phenoxy) is 1. The summed E-state index contributed by atoms with van der Waals surface area (Å²) in [6.45, 7) is 16.3. The molecule has 1 aliphatic heterocycles. The molecule has 0 spiro atoms. The van der Waals surface area contributed by atoms with E-state index in [1.165, 1.54) is 16.7 Å². The van der Waals surface area contributed by atoms with Gasteiger partial charge in [-0.15, -0.1) is 0 Å². The Balaban J connectivity index is 3.22. The van der Waals surface area contributed by atoms with Gasteiger partial charge in [-0.3, -0.25) is 24.1 Å². The summed E-state index contributed by atoms with van der Waals surface area (Å²) in [6.07, 6.45) is 2.17. The summed E-state index contributed by atoms with van der Waals surface area (Å²) in [4.78, 5) is 78.6. The lowest BCUT2D eigenvalue weighted by Crippen LogP contribution is -2.60. The van der Waals surface area contributed by atoms with Crippen LogP contribution < -0.4 is 10.6 Å². The Kier molecular flexibility index (Phi) is 13.9. The van der Waals surface area contributed by atoms with Crippen molar-refractivity contribution >= 4 is 35.8 Å². The lowest BCUT2D eigenvalue weighted by Gasteiger charge is -2.40. The SMILES string of the molecule is C/C(=C\C(C(C)C)N(C)C(=O)C(NC(=O)[C@H]1CCCCN1C(=O)OC(C)(C)C)C(C)(C)C)C(=O)NC(CCC(=O)O)C(=O)O. The molecule has 44 heavy (non-hydrogen) atoms. The average molecular weight is 625 g/mol. The molecular weight excluding hydrogens is 572 g/mol. The minimum absolute atomic E-state index is 0.150. The number of hydrogen-bond donors (Lipinski definition) is 4. The highest BCUT2D eigenvalue weighted by Crippen LogP contribution is 2.26. The normalized spacial score (nSPS) is 18.1. The molecule has 4 N–H and O–H groups in total. The number of amides is 4. The largest absolute Gasteiger partial charge is 0.481 e. The van der Waals surface area contributed by atoms with Crippen LogP contribution in [0, 0.1) is 11.3 Å². The Labute approximate surface area is 260 Å². The van der Waals surface area contributed by atoms with Gasteiger partial charge in [0, 0.05) is 25.6 Å². The molecule has 1 rings (SSSR count). The van der Waals surface area contributed by atoms with Crippen molar-refractivity contribution in [3.63, 3.8) is 0 Å². The minimum atomic E-state index is -1.39.